The molecule has 6 heteroatoms. The summed E-state index contributed by atoms with van der Waals surface area (Å²) in [5.41, 5.74) is 2.86. The Morgan fingerprint density at radius 2 is 2.28 bits per heavy atom. The molecule has 0 aliphatic carbocycles. The fraction of sp³-hybridized carbons (Fsp3) is 0.333. The highest BCUT2D eigenvalue weighted by Gasteiger charge is 2.06. The van der Waals surface area contributed by atoms with Crippen LogP contribution in [0.25, 0.3) is 0 Å². The summed E-state index contributed by atoms with van der Waals surface area (Å²) in [6, 6.07) is 5.04. The number of rotatable bonds is 5. The average Bonchev–Trinajstić information content (AvgIpc) is 2.30. The van der Waals surface area contributed by atoms with E-state index < -0.39 is 0 Å². The van der Waals surface area contributed by atoms with Crippen molar-refractivity contribution in [3.05, 3.63) is 23.8 Å². The van der Waals surface area contributed by atoms with Crippen LogP contribution in [0.1, 0.15) is 5.56 Å². The van der Waals surface area contributed by atoms with Gasteiger partial charge in [-0.05, 0) is 12.1 Å². The lowest BCUT2D eigenvalue weighted by Gasteiger charge is -2.06. The van der Waals surface area contributed by atoms with Gasteiger partial charge in [0.05, 0.1) is 27.4 Å². The topological polar surface area (TPSA) is 75.4 Å². The number of benzene rings is 1. The van der Waals surface area contributed by atoms with Crippen LogP contribution in [0.4, 0.5) is 0 Å². The Bertz CT molecular complexity index is 444. The largest absolute Gasteiger partial charge is 0.504 e. The molecule has 18 heavy (non-hydrogen) atoms. The Labute approximate surface area is 106 Å². The van der Waals surface area contributed by atoms with Gasteiger partial charge in [0.15, 0.2) is 18.0 Å². The number of hydrazone groups is 1. The number of nitrogens with one attached hydrogen (secondary N) is 2. The number of nitrogens with zero attached hydrogens (tertiary/aromatic N) is 1. The lowest BCUT2D eigenvalue weighted by molar-refractivity contribution is -0.849. The second-order valence-electron chi connectivity index (χ2n) is 4.08. The van der Waals surface area contributed by atoms with E-state index in [9.17, 15) is 9.90 Å². The van der Waals surface area contributed by atoms with Gasteiger partial charge in [0.2, 0.25) is 0 Å². The van der Waals surface area contributed by atoms with Crippen LogP contribution in [0.5, 0.6) is 11.5 Å². The number of quaternary nitrogens is 1. The summed E-state index contributed by atoms with van der Waals surface area (Å²) >= 11 is 0. The maximum atomic E-state index is 11.3. The maximum absolute atomic E-state index is 11.3. The van der Waals surface area contributed by atoms with Crippen molar-refractivity contribution in [2.24, 2.45) is 5.10 Å². The number of amides is 1. The Kier molecular flexibility index (Phi) is 5.13. The molecule has 0 heterocycles. The summed E-state index contributed by atoms with van der Waals surface area (Å²) in [7, 11) is 5.21. The number of para-hydroxylation sites is 1. The van der Waals surface area contributed by atoms with Crippen LogP contribution in [0, 0.1) is 0 Å². The van der Waals surface area contributed by atoms with Crippen molar-refractivity contribution in [1.82, 2.24) is 5.43 Å². The van der Waals surface area contributed by atoms with Gasteiger partial charge in [0.1, 0.15) is 0 Å². The zero-order valence-electron chi connectivity index (χ0n) is 10.7. The molecular formula is C12H18N3O3+. The molecule has 0 aliphatic rings. The van der Waals surface area contributed by atoms with Crippen LogP contribution in [0.15, 0.2) is 23.3 Å². The first-order valence-electron chi connectivity index (χ1n) is 5.51. The quantitative estimate of drug-likeness (QED) is 0.464. The van der Waals surface area contributed by atoms with Crippen LogP contribution in [-0.2, 0) is 4.79 Å². The van der Waals surface area contributed by atoms with Crippen LogP contribution in [0.2, 0.25) is 0 Å². The van der Waals surface area contributed by atoms with E-state index in [2.05, 4.69) is 10.5 Å². The summed E-state index contributed by atoms with van der Waals surface area (Å²) in [4.78, 5) is 12.3. The molecule has 0 bridgehead atoms. The predicted molar refractivity (Wildman–Crippen MR) is 68.1 cm³/mol. The fourth-order valence-electron chi connectivity index (χ4n) is 1.34. The number of carbonyl (C=O) groups excluding carboxylic acids is 1. The van der Waals surface area contributed by atoms with E-state index in [0.717, 1.165) is 4.90 Å². The summed E-state index contributed by atoms with van der Waals surface area (Å²) in [5.74, 6) is 0.174. The third-order valence-electron chi connectivity index (χ3n) is 2.16. The lowest BCUT2D eigenvalue weighted by Crippen LogP contribution is -3.07. The average molecular weight is 252 g/mol. The molecule has 3 N–H and O–H groups in total. The van der Waals surface area contributed by atoms with Gasteiger partial charge in [0, 0.05) is 5.56 Å². The normalized spacial score (nSPS) is 10.9. The van der Waals surface area contributed by atoms with Crippen LogP contribution in [0.3, 0.4) is 0 Å². The molecule has 0 saturated heterocycles. The zero-order chi connectivity index (χ0) is 13.5. The van der Waals surface area contributed by atoms with E-state index in [1.807, 2.05) is 14.1 Å². The van der Waals surface area contributed by atoms with E-state index in [0.29, 0.717) is 17.9 Å². The molecule has 0 atom stereocenters. The van der Waals surface area contributed by atoms with E-state index in [-0.39, 0.29) is 11.7 Å². The summed E-state index contributed by atoms with van der Waals surface area (Å²) in [6.45, 7) is 0.335. The van der Waals surface area contributed by atoms with Gasteiger partial charge in [-0.25, -0.2) is 5.43 Å². The SMILES string of the molecule is COc1cccc(C=NNC(=O)C[NH+](C)C)c1O. The highest BCUT2D eigenvalue weighted by atomic mass is 16.5. The predicted octanol–water partition coefficient (Wildman–Crippen LogP) is -1.00. The number of methoxy groups -OCH3 is 1. The Hall–Kier alpha value is -2.08. The maximum Gasteiger partial charge on any atom is 0.295 e. The van der Waals surface area contributed by atoms with Crippen molar-refractivity contribution < 1.29 is 19.5 Å². The minimum atomic E-state index is -0.186. The minimum Gasteiger partial charge on any atom is -0.504 e. The third kappa shape index (κ3) is 4.06. The molecule has 0 saturated carbocycles. The molecular weight excluding hydrogens is 234 g/mol. The first-order chi connectivity index (χ1) is 8.54. The van der Waals surface area contributed by atoms with Crippen molar-refractivity contribution in [2.45, 2.75) is 0 Å². The summed E-state index contributed by atoms with van der Waals surface area (Å²) < 4.78 is 4.96. The smallest absolute Gasteiger partial charge is 0.295 e. The van der Waals surface area contributed by atoms with Crippen molar-refractivity contribution in [3.63, 3.8) is 0 Å². The van der Waals surface area contributed by atoms with Gasteiger partial charge in [0.25, 0.3) is 5.91 Å². The van der Waals surface area contributed by atoms with Gasteiger partial charge < -0.3 is 14.7 Å². The van der Waals surface area contributed by atoms with Crippen LogP contribution in [-0.4, -0.2) is 45.0 Å². The van der Waals surface area contributed by atoms with Crippen LogP contribution < -0.4 is 15.1 Å². The Balaban J connectivity index is 2.65. The van der Waals surface area contributed by atoms with Crippen molar-refractivity contribution in [1.29, 1.82) is 0 Å². The molecule has 0 unspecified atom stereocenters. The number of ether oxygens (including phenoxy) is 1. The highest BCUT2D eigenvalue weighted by molar-refractivity contribution is 5.86. The molecule has 1 aromatic rings. The monoisotopic (exact) mass is 252 g/mol. The molecule has 0 aromatic heterocycles. The van der Waals surface area contributed by atoms with Crippen LogP contribution >= 0.6 is 0 Å². The third-order valence-corrected chi connectivity index (χ3v) is 2.16. The summed E-state index contributed by atoms with van der Waals surface area (Å²) in [6.07, 6.45) is 1.38. The van der Waals surface area contributed by atoms with Gasteiger partial charge in [-0.15, -0.1) is 0 Å². The number of aromatic hydroxyl groups is 1. The van der Waals surface area contributed by atoms with Gasteiger partial charge >= 0.3 is 0 Å². The number of hydrogen-bond donors (Lipinski definition) is 3. The van der Waals surface area contributed by atoms with E-state index in [4.69, 9.17) is 4.74 Å². The number of phenols is 1. The van der Waals surface area contributed by atoms with Crippen molar-refractivity contribution in [2.75, 3.05) is 27.7 Å². The van der Waals surface area contributed by atoms with Gasteiger partial charge in [-0.2, -0.15) is 5.10 Å². The molecule has 98 valence electrons. The fourth-order valence-corrected chi connectivity index (χ4v) is 1.34. The zero-order valence-corrected chi connectivity index (χ0v) is 10.7. The number of carbonyl (C=O) groups is 1. The summed E-state index contributed by atoms with van der Waals surface area (Å²) in [5, 5.41) is 13.5. The van der Waals surface area contributed by atoms with Gasteiger partial charge in [-0.1, -0.05) is 6.07 Å². The van der Waals surface area contributed by atoms with E-state index >= 15 is 0 Å². The molecule has 0 fully saturated rings. The lowest BCUT2D eigenvalue weighted by atomic mass is 10.2. The first-order valence-corrected chi connectivity index (χ1v) is 5.51. The second-order valence-corrected chi connectivity index (χ2v) is 4.08. The number of phenolic OH excluding ortho intramolecular Hbond substituents is 1. The number of likely N-dealkylation sites (N-methyl/N-ethyl adjacent to an activating group) is 1. The molecule has 1 amide bonds. The Morgan fingerprint density at radius 1 is 1.56 bits per heavy atom. The standard InChI is InChI=1S/C12H17N3O3/c1-15(2)8-11(16)14-13-7-9-5-4-6-10(18-3)12(9)17/h4-7,17H,8H2,1-3H3,(H,14,16)/p+1. The van der Waals surface area contributed by atoms with E-state index in [1.54, 1.807) is 18.2 Å². The van der Waals surface area contributed by atoms with Gasteiger partial charge in [-0.3, -0.25) is 4.79 Å². The van der Waals surface area contributed by atoms with Crippen molar-refractivity contribution in [3.8, 4) is 11.5 Å². The first kappa shape index (κ1) is 14.0. The second kappa shape index (κ2) is 6.61. The molecule has 1 rings (SSSR count). The van der Waals surface area contributed by atoms with E-state index in [1.165, 1.54) is 13.3 Å². The molecule has 0 spiro atoms. The molecule has 0 aliphatic heterocycles. The Morgan fingerprint density at radius 3 is 2.89 bits per heavy atom. The molecule has 1 aromatic carbocycles. The highest BCUT2D eigenvalue weighted by Crippen LogP contribution is 2.27. The minimum absolute atomic E-state index is 0.00349. The molecule has 0 radical (unpaired) electrons. The number of hydrogen-bond acceptors (Lipinski definition) is 4. The van der Waals surface area contributed by atoms with Crippen molar-refractivity contribution >= 4 is 12.1 Å². The molecule has 6 nitrogen and oxygen atoms in total.